The van der Waals surface area contributed by atoms with Gasteiger partial charge >= 0.3 is 0 Å². The van der Waals surface area contributed by atoms with Gasteiger partial charge in [0.1, 0.15) is 16.3 Å². The molecule has 0 amide bonds. The first-order chi connectivity index (χ1) is 18.4. The summed E-state index contributed by atoms with van der Waals surface area (Å²) in [6, 6.07) is 16.8. The van der Waals surface area contributed by atoms with Crippen molar-refractivity contribution in [3.63, 3.8) is 0 Å². The molecule has 0 unspecified atom stereocenters. The molecule has 11 nitrogen and oxygen atoms in total. The van der Waals surface area contributed by atoms with Crippen molar-refractivity contribution in [3.8, 4) is 5.75 Å². The minimum Gasteiger partial charge on any atom is -0.505 e. The zero-order valence-corrected chi connectivity index (χ0v) is 22.6. The molecule has 0 aliphatic rings. The molecule has 0 atom stereocenters. The number of nitrogens with zero attached hydrogens (tertiary/aromatic N) is 4. The molecule has 4 aromatic carbocycles. The summed E-state index contributed by atoms with van der Waals surface area (Å²) < 4.78 is 58.5. The first-order valence-electron chi connectivity index (χ1n) is 11.7. The molecule has 39 heavy (non-hydrogen) atoms. The third-order valence-electron chi connectivity index (χ3n) is 5.76. The van der Waals surface area contributed by atoms with Gasteiger partial charge in [0.05, 0.1) is 33.1 Å². The molecule has 0 spiro atoms. The highest BCUT2D eigenvalue weighted by molar-refractivity contribution is 7.91. The van der Waals surface area contributed by atoms with E-state index < -0.39 is 36.3 Å². The lowest BCUT2D eigenvalue weighted by Gasteiger charge is -2.11. The molecule has 13 heteroatoms. The molecule has 4 aromatic rings. The molecule has 0 heterocycles. The summed E-state index contributed by atoms with van der Waals surface area (Å²) >= 11 is 0. The second-order valence-corrected chi connectivity index (χ2v) is 12.2. The smallest absolute Gasteiger partial charge is 0.296 e. The van der Waals surface area contributed by atoms with E-state index in [1.165, 1.54) is 36.4 Å². The van der Waals surface area contributed by atoms with E-state index in [1.807, 2.05) is 19.1 Å². The first kappa shape index (κ1) is 27.8. The SMILES string of the molecule is CCCS(=O)(=O)c1ccc(N=Nc2c(S(=O)(=O)O)cc3ccc(N=Nc4ccc(C)cc4)c(N)c3c2O)cc1. The van der Waals surface area contributed by atoms with Crippen LogP contribution in [0.15, 0.2) is 97.0 Å². The molecule has 4 N–H and O–H groups in total. The van der Waals surface area contributed by atoms with Crippen LogP contribution >= 0.6 is 0 Å². The van der Waals surface area contributed by atoms with Gasteiger partial charge in [0.15, 0.2) is 15.6 Å². The van der Waals surface area contributed by atoms with Crippen molar-refractivity contribution in [2.45, 2.75) is 30.1 Å². The Balaban J connectivity index is 1.79. The van der Waals surface area contributed by atoms with Crippen LogP contribution in [-0.4, -0.2) is 32.2 Å². The summed E-state index contributed by atoms with van der Waals surface area (Å²) in [6.07, 6.45) is 0.460. The summed E-state index contributed by atoms with van der Waals surface area (Å²) in [5.41, 5.74) is 7.75. The van der Waals surface area contributed by atoms with Gasteiger partial charge in [-0.05, 0) is 67.3 Å². The number of aryl methyl sites for hydroxylation is 1. The fourth-order valence-corrected chi connectivity index (χ4v) is 5.75. The van der Waals surface area contributed by atoms with Crippen LogP contribution in [0.1, 0.15) is 18.9 Å². The Labute approximate surface area is 225 Å². The maximum absolute atomic E-state index is 12.2. The van der Waals surface area contributed by atoms with Crippen molar-refractivity contribution < 1.29 is 26.5 Å². The van der Waals surface area contributed by atoms with E-state index in [0.29, 0.717) is 12.1 Å². The quantitative estimate of drug-likeness (QED) is 0.120. The van der Waals surface area contributed by atoms with Crippen LogP contribution in [0, 0.1) is 6.92 Å². The number of azo groups is 2. The van der Waals surface area contributed by atoms with Gasteiger partial charge in [-0.25, -0.2) is 8.42 Å². The summed E-state index contributed by atoms with van der Waals surface area (Å²) in [4.78, 5) is -0.581. The van der Waals surface area contributed by atoms with Crippen LogP contribution in [0.25, 0.3) is 10.8 Å². The summed E-state index contributed by atoms with van der Waals surface area (Å²) in [7, 11) is -8.27. The monoisotopic (exact) mass is 567 g/mol. The zero-order chi connectivity index (χ0) is 28.4. The number of nitrogen functional groups attached to an aromatic ring is 1. The molecule has 0 saturated heterocycles. The standard InChI is InChI=1S/C26H25N5O6S2/c1-3-14-38(33,34)20-11-9-19(10-12-20)29-31-25-22(39(35,36)37)15-17-6-13-21(24(27)23(17)26(25)32)30-28-18-7-4-16(2)5-8-18/h4-13,15,32H,3,14,27H2,1-2H3,(H,35,36,37). The third kappa shape index (κ3) is 6.11. The molecular weight excluding hydrogens is 542 g/mol. The highest BCUT2D eigenvalue weighted by Crippen LogP contribution is 2.46. The largest absolute Gasteiger partial charge is 0.505 e. The van der Waals surface area contributed by atoms with E-state index in [0.717, 1.165) is 11.6 Å². The number of phenolic OH excluding ortho intramolecular Hbond substituents is 1. The van der Waals surface area contributed by atoms with Gasteiger partial charge in [-0.2, -0.15) is 18.6 Å². The Kier molecular flexibility index (Phi) is 7.77. The van der Waals surface area contributed by atoms with Gasteiger partial charge in [-0.1, -0.05) is 30.7 Å². The Bertz CT molecular complexity index is 1820. The average Bonchev–Trinajstić information content (AvgIpc) is 2.88. The molecule has 4 rings (SSSR count). The maximum atomic E-state index is 12.2. The number of sulfone groups is 1. The molecule has 0 aliphatic carbocycles. The third-order valence-corrected chi connectivity index (χ3v) is 8.56. The lowest BCUT2D eigenvalue weighted by Crippen LogP contribution is -2.05. The van der Waals surface area contributed by atoms with Gasteiger partial charge in [-0.15, -0.1) is 10.2 Å². The second-order valence-electron chi connectivity index (χ2n) is 8.69. The predicted molar refractivity (Wildman–Crippen MR) is 148 cm³/mol. The summed E-state index contributed by atoms with van der Waals surface area (Å²) in [6.45, 7) is 3.69. The Morgan fingerprint density at radius 1 is 0.821 bits per heavy atom. The fraction of sp³-hybridized carbons (Fsp3) is 0.154. The lowest BCUT2D eigenvalue weighted by molar-refractivity contribution is 0.472. The van der Waals surface area contributed by atoms with Gasteiger partial charge in [-0.3, -0.25) is 4.55 Å². The number of fused-ring (bicyclic) bond motifs is 1. The zero-order valence-electron chi connectivity index (χ0n) is 21.0. The molecule has 0 saturated carbocycles. The number of phenols is 1. The highest BCUT2D eigenvalue weighted by atomic mass is 32.2. The van der Waals surface area contributed by atoms with E-state index in [1.54, 1.807) is 19.1 Å². The maximum Gasteiger partial charge on any atom is 0.296 e. The first-order valence-corrected chi connectivity index (χ1v) is 14.8. The van der Waals surface area contributed by atoms with Gasteiger partial charge < -0.3 is 10.8 Å². The number of anilines is 1. The minimum atomic E-state index is -4.83. The molecule has 0 aliphatic heterocycles. The average molecular weight is 568 g/mol. The summed E-state index contributed by atoms with van der Waals surface area (Å²) in [5, 5.41) is 27.4. The minimum absolute atomic E-state index is 0.00434. The van der Waals surface area contributed by atoms with E-state index in [2.05, 4.69) is 20.5 Å². The van der Waals surface area contributed by atoms with Crippen LogP contribution in [0.4, 0.5) is 28.4 Å². The van der Waals surface area contributed by atoms with Gasteiger partial charge in [0.25, 0.3) is 10.1 Å². The Morgan fingerprint density at radius 2 is 1.41 bits per heavy atom. The molecule has 0 bridgehead atoms. The van der Waals surface area contributed by atoms with Crippen LogP contribution in [0.3, 0.4) is 0 Å². The van der Waals surface area contributed by atoms with Crippen LogP contribution in [-0.2, 0) is 20.0 Å². The molecule has 0 fully saturated rings. The Hall–Kier alpha value is -4.20. The molecule has 0 aromatic heterocycles. The van der Waals surface area contributed by atoms with Crippen molar-refractivity contribution in [3.05, 3.63) is 72.3 Å². The number of nitrogens with two attached hydrogens (primary N) is 1. The molecular formula is C26H25N5O6S2. The number of hydrogen-bond acceptors (Lipinski definition) is 10. The lowest BCUT2D eigenvalue weighted by atomic mass is 10.1. The van der Waals surface area contributed by atoms with Gasteiger partial charge in [0, 0.05) is 0 Å². The normalized spacial score (nSPS) is 12.6. The van der Waals surface area contributed by atoms with E-state index in [9.17, 15) is 26.5 Å². The van der Waals surface area contributed by atoms with Crippen LogP contribution < -0.4 is 5.73 Å². The Morgan fingerprint density at radius 3 is 2.00 bits per heavy atom. The van der Waals surface area contributed by atoms with Crippen molar-refractivity contribution in [2.24, 2.45) is 20.5 Å². The topological polar surface area (TPSA) is 184 Å². The number of hydrogen-bond donors (Lipinski definition) is 3. The van der Waals surface area contributed by atoms with Crippen molar-refractivity contribution >= 4 is 59.2 Å². The number of aromatic hydroxyl groups is 1. The molecule has 0 radical (unpaired) electrons. The number of rotatable bonds is 8. The van der Waals surface area contributed by atoms with Gasteiger partial charge in [0.2, 0.25) is 0 Å². The van der Waals surface area contributed by atoms with Crippen molar-refractivity contribution in [2.75, 3.05) is 11.5 Å². The fourth-order valence-electron chi connectivity index (χ4n) is 3.77. The van der Waals surface area contributed by atoms with Crippen molar-refractivity contribution in [1.82, 2.24) is 0 Å². The van der Waals surface area contributed by atoms with Crippen LogP contribution in [0.2, 0.25) is 0 Å². The number of benzene rings is 4. The van der Waals surface area contributed by atoms with Crippen molar-refractivity contribution in [1.29, 1.82) is 0 Å². The highest BCUT2D eigenvalue weighted by Gasteiger charge is 2.24. The van der Waals surface area contributed by atoms with E-state index in [-0.39, 0.29) is 38.5 Å². The molecule has 202 valence electrons. The second kappa shape index (κ2) is 10.9. The summed E-state index contributed by atoms with van der Waals surface area (Å²) in [5.74, 6) is -0.652. The van der Waals surface area contributed by atoms with E-state index >= 15 is 0 Å². The van der Waals surface area contributed by atoms with E-state index in [4.69, 9.17) is 5.73 Å². The predicted octanol–water partition coefficient (Wildman–Crippen LogP) is 6.70. The van der Waals surface area contributed by atoms with Crippen LogP contribution in [0.5, 0.6) is 5.75 Å².